The van der Waals surface area contributed by atoms with Crippen LogP contribution in [0.25, 0.3) is 22.2 Å². The van der Waals surface area contributed by atoms with Crippen LogP contribution >= 0.6 is 0 Å². The van der Waals surface area contributed by atoms with E-state index in [1.165, 1.54) is 3.97 Å². The summed E-state index contributed by atoms with van der Waals surface area (Å²) in [4.78, 5) is 9.53. The van der Waals surface area contributed by atoms with Crippen molar-refractivity contribution in [1.82, 2.24) is 13.9 Å². The van der Waals surface area contributed by atoms with Crippen LogP contribution in [-0.4, -0.2) is 34.4 Å². The van der Waals surface area contributed by atoms with Crippen LogP contribution in [0.2, 0.25) is 0 Å². The monoisotopic (exact) mass is 461 g/mol. The Labute approximate surface area is 193 Å². The van der Waals surface area contributed by atoms with Crippen LogP contribution in [0.4, 0.5) is 5.95 Å². The number of para-hydroxylation sites is 1. The smallest absolute Gasteiger partial charge is 0.268 e. The molecule has 4 aromatic rings. The largest absolute Gasteiger partial charge is 0.351 e. The Morgan fingerprint density at radius 2 is 1.82 bits per heavy atom. The third-order valence-corrected chi connectivity index (χ3v) is 7.94. The SMILES string of the molecule is Cc1cnc(N[C@@H]2CCC[C@H](N)C2)nc1-c1cn(S(=O)(=O)c2ccccc2)c2ccccc12. The second kappa shape index (κ2) is 8.61. The summed E-state index contributed by atoms with van der Waals surface area (Å²) in [6.07, 6.45) is 7.51. The third kappa shape index (κ3) is 4.12. The van der Waals surface area contributed by atoms with Gasteiger partial charge >= 0.3 is 0 Å². The minimum atomic E-state index is -3.76. The first-order chi connectivity index (χ1) is 15.9. The molecule has 7 nitrogen and oxygen atoms in total. The topological polar surface area (TPSA) is 103 Å². The zero-order valence-electron chi connectivity index (χ0n) is 18.5. The molecule has 3 N–H and O–H groups in total. The van der Waals surface area contributed by atoms with Gasteiger partial charge in [-0.25, -0.2) is 22.4 Å². The van der Waals surface area contributed by atoms with E-state index in [1.807, 2.05) is 31.2 Å². The van der Waals surface area contributed by atoms with Crippen LogP contribution in [0, 0.1) is 6.92 Å². The first-order valence-corrected chi connectivity index (χ1v) is 12.6. The molecular weight excluding hydrogens is 434 g/mol. The molecule has 1 aliphatic carbocycles. The molecule has 0 amide bonds. The van der Waals surface area contributed by atoms with Crippen molar-refractivity contribution in [3.8, 4) is 11.3 Å². The molecule has 33 heavy (non-hydrogen) atoms. The van der Waals surface area contributed by atoms with Crippen LogP contribution < -0.4 is 11.1 Å². The summed E-state index contributed by atoms with van der Waals surface area (Å²) in [6, 6.07) is 16.4. The van der Waals surface area contributed by atoms with Crippen LogP contribution in [0.1, 0.15) is 31.2 Å². The molecule has 0 radical (unpaired) electrons. The number of nitrogens with two attached hydrogens (primary N) is 1. The summed E-state index contributed by atoms with van der Waals surface area (Å²) < 4.78 is 28.2. The molecule has 2 atom stereocenters. The summed E-state index contributed by atoms with van der Waals surface area (Å²) in [7, 11) is -3.76. The fraction of sp³-hybridized carbons (Fsp3) is 0.280. The number of aromatic nitrogens is 3. The summed E-state index contributed by atoms with van der Waals surface area (Å²) in [6.45, 7) is 1.94. The van der Waals surface area contributed by atoms with E-state index in [2.05, 4.69) is 10.3 Å². The number of anilines is 1. The lowest BCUT2D eigenvalue weighted by Crippen LogP contribution is -2.35. The molecule has 5 rings (SSSR count). The quantitative estimate of drug-likeness (QED) is 0.459. The minimum absolute atomic E-state index is 0.197. The Hall–Kier alpha value is -3.23. The van der Waals surface area contributed by atoms with E-state index in [4.69, 9.17) is 10.7 Å². The zero-order valence-corrected chi connectivity index (χ0v) is 19.3. The maximum Gasteiger partial charge on any atom is 0.268 e. The fourth-order valence-corrected chi connectivity index (χ4v) is 5.96. The molecule has 1 saturated carbocycles. The van der Waals surface area contributed by atoms with Gasteiger partial charge in [0, 0.05) is 35.4 Å². The Morgan fingerprint density at radius 1 is 1.06 bits per heavy atom. The van der Waals surface area contributed by atoms with Crippen molar-refractivity contribution in [2.75, 3.05) is 5.32 Å². The van der Waals surface area contributed by atoms with Crippen LogP contribution in [0.3, 0.4) is 0 Å². The molecule has 170 valence electrons. The molecule has 0 saturated heterocycles. The van der Waals surface area contributed by atoms with Gasteiger partial charge in [-0.1, -0.05) is 36.4 Å². The molecular formula is C25H27N5O2S. The van der Waals surface area contributed by atoms with E-state index in [0.717, 1.165) is 42.2 Å². The van der Waals surface area contributed by atoms with Gasteiger partial charge in [-0.3, -0.25) is 0 Å². The van der Waals surface area contributed by atoms with E-state index in [0.29, 0.717) is 17.2 Å². The normalized spacial score (nSPS) is 19.0. The molecule has 8 heteroatoms. The Morgan fingerprint density at radius 3 is 2.61 bits per heavy atom. The first kappa shape index (κ1) is 21.6. The number of aryl methyl sites for hydroxylation is 1. The molecule has 1 aliphatic rings. The Kier molecular flexibility index (Phi) is 5.64. The number of hydrogen-bond donors (Lipinski definition) is 2. The maximum atomic E-state index is 13.4. The van der Waals surface area contributed by atoms with E-state index in [9.17, 15) is 8.42 Å². The molecule has 0 aliphatic heterocycles. The van der Waals surface area contributed by atoms with Gasteiger partial charge in [-0.05, 0) is 56.4 Å². The van der Waals surface area contributed by atoms with Crippen molar-refractivity contribution in [3.05, 3.63) is 72.6 Å². The lowest BCUT2D eigenvalue weighted by molar-refractivity contribution is 0.408. The summed E-state index contributed by atoms with van der Waals surface area (Å²) in [5.41, 5.74) is 9.10. The predicted molar refractivity (Wildman–Crippen MR) is 131 cm³/mol. The molecule has 2 aromatic carbocycles. The predicted octanol–water partition coefficient (Wildman–Crippen LogP) is 4.33. The van der Waals surface area contributed by atoms with Crippen LogP contribution in [0.5, 0.6) is 0 Å². The van der Waals surface area contributed by atoms with Crippen molar-refractivity contribution in [2.45, 2.75) is 49.6 Å². The number of rotatable bonds is 5. The lowest BCUT2D eigenvalue weighted by Gasteiger charge is -2.27. The van der Waals surface area contributed by atoms with E-state index >= 15 is 0 Å². The standard InChI is InChI=1S/C25H27N5O2S/c1-17-15-27-25(28-19-9-7-8-18(26)14-19)29-24(17)22-16-30(23-13-6-5-12-21(22)23)33(31,32)20-10-3-2-4-11-20/h2-6,10-13,15-16,18-19H,7-9,14,26H2,1H3,(H,27,28,29)/t18-,19+/m0/s1. The summed E-state index contributed by atoms with van der Waals surface area (Å²) in [5.74, 6) is 0.539. The van der Waals surface area contributed by atoms with E-state index in [-0.39, 0.29) is 17.0 Å². The minimum Gasteiger partial charge on any atom is -0.351 e. The number of hydrogen-bond acceptors (Lipinski definition) is 6. The fourth-order valence-electron chi connectivity index (χ4n) is 4.57. The molecule has 0 bridgehead atoms. The van der Waals surface area contributed by atoms with Crippen molar-refractivity contribution in [3.63, 3.8) is 0 Å². The van der Waals surface area contributed by atoms with Crippen LogP contribution in [-0.2, 0) is 10.0 Å². The Bertz CT molecular complexity index is 1400. The second-order valence-corrected chi connectivity index (χ2v) is 10.5. The number of nitrogens with zero attached hydrogens (tertiary/aromatic N) is 3. The first-order valence-electron chi connectivity index (χ1n) is 11.2. The molecule has 1 fully saturated rings. The van der Waals surface area contributed by atoms with Gasteiger partial charge < -0.3 is 11.1 Å². The van der Waals surface area contributed by atoms with Crippen molar-refractivity contribution < 1.29 is 8.42 Å². The summed E-state index contributed by atoms with van der Waals surface area (Å²) in [5, 5.41) is 4.26. The van der Waals surface area contributed by atoms with Gasteiger partial charge in [0.2, 0.25) is 5.95 Å². The average molecular weight is 462 g/mol. The third-order valence-electron chi connectivity index (χ3n) is 6.25. The number of fused-ring (bicyclic) bond motifs is 1. The van der Waals surface area contributed by atoms with E-state index < -0.39 is 10.0 Å². The van der Waals surface area contributed by atoms with Gasteiger partial charge in [0.25, 0.3) is 10.0 Å². The van der Waals surface area contributed by atoms with E-state index in [1.54, 1.807) is 42.7 Å². The van der Waals surface area contributed by atoms with Gasteiger partial charge in [0.1, 0.15) is 0 Å². The van der Waals surface area contributed by atoms with Crippen LogP contribution in [0.15, 0.2) is 71.9 Å². The highest BCUT2D eigenvalue weighted by atomic mass is 32.2. The second-order valence-electron chi connectivity index (χ2n) is 8.67. The van der Waals surface area contributed by atoms with Crippen molar-refractivity contribution in [2.24, 2.45) is 5.73 Å². The lowest BCUT2D eigenvalue weighted by atomic mass is 9.92. The summed E-state index contributed by atoms with van der Waals surface area (Å²) >= 11 is 0. The highest BCUT2D eigenvalue weighted by molar-refractivity contribution is 7.90. The number of benzene rings is 2. The molecule has 0 unspecified atom stereocenters. The maximum absolute atomic E-state index is 13.4. The molecule has 2 aromatic heterocycles. The zero-order chi connectivity index (χ0) is 23.0. The van der Waals surface area contributed by atoms with Crippen molar-refractivity contribution in [1.29, 1.82) is 0 Å². The van der Waals surface area contributed by atoms with Gasteiger partial charge in [0.15, 0.2) is 0 Å². The van der Waals surface area contributed by atoms with Gasteiger partial charge in [-0.2, -0.15) is 0 Å². The average Bonchev–Trinajstić information content (AvgIpc) is 3.21. The number of nitrogens with one attached hydrogen (secondary N) is 1. The molecule has 2 heterocycles. The Balaban J connectivity index is 1.60. The van der Waals surface area contributed by atoms with Crippen molar-refractivity contribution >= 4 is 26.9 Å². The highest BCUT2D eigenvalue weighted by Crippen LogP contribution is 2.34. The molecule has 0 spiro atoms. The van der Waals surface area contributed by atoms with Gasteiger partial charge in [0.05, 0.1) is 16.1 Å². The van der Waals surface area contributed by atoms with Gasteiger partial charge in [-0.15, -0.1) is 0 Å². The highest BCUT2D eigenvalue weighted by Gasteiger charge is 2.24.